The molecule has 136 valence electrons. The Morgan fingerprint density at radius 2 is 2.04 bits per heavy atom. The average molecular weight is 362 g/mol. The summed E-state index contributed by atoms with van der Waals surface area (Å²) in [5, 5.41) is 10.5. The molecule has 0 saturated heterocycles. The molecule has 4 nitrogen and oxygen atoms in total. The van der Waals surface area contributed by atoms with Gasteiger partial charge < -0.3 is 5.11 Å². The van der Waals surface area contributed by atoms with E-state index in [1.807, 2.05) is 37.3 Å². The fourth-order valence-corrected chi connectivity index (χ4v) is 3.65. The largest absolute Gasteiger partial charge is 0.478 e. The van der Waals surface area contributed by atoms with Gasteiger partial charge in [-0.25, -0.2) is 14.2 Å². The highest BCUT2D eigenvalue weighted by Gasteiger charge is 2.27. The van der Waals surface area contributed by atoms with Crippen molar-refractivity contribution in [1.29, 1.82) is 0 Å². The minimum absolute atomic E-state index is 0.301. The van der Waals surface area contributed by atoms with E-state index >= 15 is 0 Å². The van der Waals surface area contributed by atoms with Gasteiger partial charge in [0.25, 0.3) is 0 Å². The quantitative estimate of drug-likeness (QED) is 0.748. The number of pyridine rings is 1. The van der Waals surface area contributed by atoms with Crippen LogP contribution in [0.3, 0.4) is 0 Å². The molecule has 1 aliphatic heterocycles. The maximum absolute atomic E-state index is 13.6. The first-order chi connectivity index (χ1) is 13.1. The number of fused-ring (bicyclic) bond motifs is 2. The van der Waals surface area contributed by atoms with Crippen LogP contribution in [-0.4, -0.2) is 34.0 Å². The molecule has 0 radical (unpaired) electrons. The third kappa shape index (κ3) is 3.22. The molecule has 0 amide bonds. The number of benzene rings is 2. The van der Waals surface area contributed by atoms with Gasteiger partial charge in [0.05, 0.1) is 16.8 Å². The molecule has 27 heavy (non-hydrogen) atoms. The monoisotopic (exact) mass is 362 g/mol. The summed E-state index contributed by atoms with van der Waals surface area (Å²) in [5.41, 5.74) is 4.01. The Labute approximate surface area is 156 Å². The zero-order valence-corrected chi connectivity index (χ0v) is 14.9. The summed E-state index contributed by atoms with van der Waals surface area (Å²) >= 11 is 0. The highest BCUT2D eigenvalue weighted by molar-refractivity contribution is 6.06. The number of likely N-dealkylation sites (N-methyl/N-ethyl adjacent to an activating group) is 1. The van der Waals surface area contributed by atoms with E-state index in [0.717, 1.165) is 23.2 Å². The summed E-state index contributed by atoms with van der Waals surface area (Å²) in [7, 11) is 0. The number of hydrogen-bond donors (Lipinski definition) is 1. The molecule has 1 N–H and O–H groups in total. The summed E-state index contributed by atoms with van der Waals surface area (Å²) in [6.45, 7) is 4.00. The lowest BCUT2D eigenvalue weighted by atomic mass is 9.92. The molecule has 2 aromatic carbocycles. The van der Waals surface area contributed by atoms with Crippen molar-refractivity contribution < 1.29 is 14.3 Å². The molecule has 2 heterocycles. The van der Waals surface area contributed by atoms with Gasteiger partial charge in [0.15, 0.2) is 0 Å². The van der Waals surface area contributed by atoms with E-state index in [9.17, 15) is 14.3 Å². The highest BCUT2D eigenvalue weighted by atomic mass is 19.1. The molecule has 0 aliphatic carbocycles. The molecule has 0 unspecified atom stereocenters. The third-order valence-electron chi connectivity index (χ3n) is 4.92. The van der Waals surface area contributed by atoms with Gasteiger partial charge >= 0.3 is 5.97 Å². The van der Waals surface area contributed by atoms with Crippen molar-refractivity contribution in [3.63, 3.8) is 0 Å². The van der Waals surface area contributed by atoms with E-state index in [0.29, 0.717) is 35.2 Å². The van der Waals surface area contributed by atoms with E-state index in [2.05, 4.69) is 4.90 Å². The van der Waals surface area contributed by atoms with Crippen LogP contribution >= 0.6 is 0 Å². The van der Waals surface area contributed by atoms with Gasteiger partial charge in [0.1, 0.15) is 5.82 Å². The first-order valence-electron chi connectivity index (χ1n) is 8.90. The number of halogens is 1. The van der Waals surface area contributed by atoms with Crippen LogP contribution in [0.1, 0.15) is 34.1 Å². The fourth-order valence-electron chi connectivity index (χ4n) is 3.65. The van der Waals surface area contributed by atoms with Gasteiger partial charge in [-0.2, -0.15) is 0 Å². The molecule has 3 aromatic rings. The van der Waals surface area contributed by atoms with Crippen LogP contribution in [0.4, 0.5) is 4.39 Å². The van der Waals surface area contributed by atoms with Crippen LogP contribution in [-0.2, 0) is 6.54 Å². The number of carboxylic acids is 1. The van der Waals surface area contributed by atoms with Gasteiger partial charge in [-0.15, -0.1) is 0 Å². The Balaban J connectivity index is 1.99. The minimum Gasteiger partial charge on any atom is -0.478 e. The van der Waals surface area contributed by atoms with Crippen molar-refractivity contribution in [1.82, 2.24) is 9.88 Å². The normalized spacial score (nSPS) is 15.9. The minimum atomic E-state index is -0.951. The number of nitrogens with zero attached hydrogens (tertiary/aromatic N) is 2. The lowest BCUT2D eigenvalue weighted by Crippen LogP contribution is -2.31. The molecule has 0 fully saturated rings. The van der Waals surface area contributed by atoms with Gasteiger partial charge in [-0.05, 0) is 42.0 Å². The number of hydrogen-bond acceptors (Lipinski definition) is 3. The highest BCUT2D eigenvalue weighted by Crippen LogP contribution is 2.34. The summed E-state index contributed by atoms with van der Waals surface area (Å²) in [4.78, 5) is 19.0. The van der Waals surface area contributed by atoms with Crippen molar-refractivity contribution >= 4 is 28.5 Å². The molecular formula is C22H19FN2O2. The molecule has 1 aromatic heterocycles. The molecule has 0 spiro atoms. The number of rotatable bonds is 3. The Bertz CT molecular complexity index is 1080. The maximum atomic E-state index is 13.6. The van der Waals surface area contributed by atoms with Crippen LogP contribution in [0.2, 0.25) is 0 Å². The van der Waals surface area contributed by atoms with E-state index in [-0.39, 0.29) is 5.82 Å². The molecule has 0 saturated carbocycles. The number of carbonyl (C=O) groups is 1. The SMILES string of the molecule is CCN1CC(=Cc2cccc(F)c2)c2nc3ccccc3c(C(=O)O)c2C1. The van der Waals surface area contributed by atoms with Crippen molar-refractivity contribution in [2.45, 2.75) is 13.5 Å². The van der Waals surface area contributed by atoms with Crippen LogP contribution in [0.5, 0.6) is 0 Å². The number of para-hydroxylation sites is 1. The smallest absolute Gasteiger partial charge is 0.336 e. The summed E-state index contributed by atoms with van der Waals surface area (Å²) < 4.78 is 13.6. The van der Waals surface area contributed by atoms with Crippen LogP contribution in [0, 0.1) is 5.82 Å². The lowest BCUT2D eigenvalue weighted by Gasteiger charge is -2.30. The Kier molecular flexibility index (Phi) is 4.46. The second kappa shape index (κ2) is 6.93. The predicted octanol–water partition coefficient (Wildman–Crippen LogP) is 4.45. The second-order valence-corrected chi connectivity index (χ2v) is 6.66. The van der Waals surface area contributed by atoms with Crippen LogP contribution in [0.15, 0.2) is 48.5 Å². The van der Waals surface area contributed by atoms with E-state index in [4.69, 9.17) is 4.98 Å². The van der Waals surface area contributed by atoms with Crippen molar-refractivity contribution in [3.8, 4) is 0 Å². The van der Waals surface area contributed by atoms with E-state index in [1.165, 1.54) is 12.1 Å². The summed E-state index contributed by atoms with van der Waals surface area (Å²) in [5.74, 6) is -1.25. The molecule has 0 bridgehead atoms. The summed E-state index contributed by atoms with van der Waals surface area (Å²) in [6, 6.07) is 13.7. The van der Waals surface area contributed by atoms with Crippen molar-refractivity contribution in [3.05, 3.63) is 76.7 Å². The van der Waals surface area contributed by atoms with Crippen LogP contribution in [0.25, 0.3) is 22.6 Å². The fraction of sp³-hybridized carbons (Fsp3) is 0.182. The predicted molar refractivity (Wildman–Crippen MR) is 104 cm³/mol. The first kappa shape index (κ1) is 17.4. The average Bonchev–Trinajstić information content (AvgIpc) is 2.66. The Morgan fingerprint density at radius 1 is 1.22 bits per heavy atom. The molecular weight excluding hydrogens is 343 g/mol. The zero-order valence-electron chi connectivity index (χ0n) is 14.9. The number of aromatic carboxylic acids is 1. The van der Waals surface area contributed by atoms with Gasteiger partial charge in [-0.1, -0.05) is 37.3 Å². The van der Waals surface area contributed by atoms with Gasteiger partial charge in [-0.3, -0.25) is 4.90 Å². The van der Waals surface area contributed by atoms with Crippen molar-refractivity contribution in [2.24, 2.45) is 0 Å². The Hall–Kier alpha value is -3.05. The molecule has 4 rings (SSSR count). The number of carboxylic acid groups (broad SMARTS) is 1. The third-order valence-corrected chi connectivity index (χ3v) is 4.92. The van der Waals surface area contributed by atoms with Crippen molar-refractivity contribution in [2.75, 3.05) is 13.1 Å². The lowest BCUT2D eigenvalue weighted by molar-refractivity contribution is 0.0696. The topological polar surface area (TPSA) is 53.4 Å². The molecule has 1 aliphatic rings. The number of aromatic nitrogens is 1. The van der Waals surface area contributed by atoms with Gasteiger partial charge in [0, 0.05) is 24.0 Å². The standard InChI is InChI=1S/C22H19FN2O2/c1-2-25-12-15(10-14-6-5-7-16(23)11-14)21-18(13-25)20(22(26)27)17-8-3-4-9-19(17)24-21/h3-11H,2,12-13H2,1H3,(H,26,27). The van der Waals surface area contributed by atoms with Gasteiger partial charge in [0.2, 0.25) is 0 Å². The van der Waals surface area contributed by atoms with Crippen LogP contribution < -0.4 is 0 Å². The second-order valence-electron chi connectivity index (χ2n) is 6.66. The molecule has 0 atom stereocenters. The van der Waals surface area contributed by atoms with E-state index in [1.54, 1.807) is 12.1 Å². The maximum Gasteiger partial charge on any atom is 0.336 e. The summed E-state index contributed by atoms with van der Waals surface area (Å²) in [6.07, 6.45) is 1.90. The van der Waals surface area contributed by atoms with E-state index < -0.39 is 5.97 Å². The Morgan fingerprint density at radius 3 is 2.78 bits per heavy atom. The first-order valence-corrected chi connectivity index (χ1v) is 8.90. The zero-order chi connectivity index (χ0) is 19.0. The molecule has 5 heteroatoms.